The third kappa shape index (κ3) is 9.57. The van der Waals surface area contributed by atoms with Gasteiger partial charge in [0.2, 0.25) is 0 Å². The Hall–Kier alpha value is -0.953. The fourth-order valence-corrected chi connectivity index (χ4v) is 4.34. The number of esters is 1. The Balaban J connectivity index is 4.20. The van der Waals surface area contributed by atoms with Gasteiger partial charge in [0.15, 0.2) is 0 Å². The molecular weight excluding hydrogens is 288 g/mol. The van der Waals surface area contributed by atoms with Crippen molar-refractivity contribution in [3.8, 4) is 0 Å². The SMILES string of the molecule is C/C=C/C=C/C(=O)OCCC[Si](OCC)(OCC)OCC. The second-order valence-corrected chi connectivity index (χ2v) is 6.87. The molecule has 0 aliphatic carbocycles. The van der Waals surface area contributed by atoms with Crippen LogP contribution >= 0.6 is 0 Å². The topological polar surface area (TPSA) is 54.0 Å². The zero-order chi connectivity index (χ0) is 16.0. The maximum absolute atomic E-state index is 11.4. The van der Waals surface area contributed by atoms with Crippen molar-refractivity contribution in [2.24, 2.45) is 0 Å². The molecule has 0 radical (unpaired) electrons. The van der Waals surface area contributed by atoms with Crippen LogP contribution < -0.4 is 0 Å². The molecule has 122 valence electrons. The molecule has 0 fully saturated rings. The second kappa shape index (κ2) is 12.8. The average molecular weight is 316 g/mol. The summed E-state index contributed by atoms with van der Waals surface area (Å²) in [5.74, 6) is -0.343. The van der Waals surface area contributed by atoms with E-state index in [1.807, 2.05) is 33.8 Å². The van der Waals surface area contributed by atoms with Crippen LogP contribution in [-0.2, 0) is 22.8 Å². The number of hydrogen-bond donors (Lipinski definition) is 0. The summed E-state index contributed by atoms with van der Waals surface area (Å²) in [6.45, 7) is 9.65. The molecule has 0 saturated carbocycles. The highest BCUT2D eigenvalue weighted by Gasteiger charge is 2.39. The first kappa shape index (κ1) is 20.0. The molecule has 0 amide bonds. The van der Waals surface area contributed by atoms with Gasteiger partial charge >= 0.3 is 14.8 Å². The molecule has 0 heterocycles. The molecule has 0 rings (SSSR count). The van der Waals surface area contributed by atoms with Crippen LogP contribution in [0.25, 0.3) is 0 Å². The van der Waals surface area contributed by atoms with Gasteiger partial charge in [-0.25, -0.2) is 4.79 Å². The van der Waals surface area contributed by atoms with Crippen LogP contribution in [0, 0.1) is 0 Å². The summed E-state index contributed by atoms with van der Waals surface area (Å²) >= 11 is 0. The minimum atomic E-state index is -2.62. The molecule has 0 unspecified atom stereocenters. The Bertz CT molecular complexity index is 311. The fraction of sp³-hybridized carbons (Fsp3) is 0.667. The Morgan fingerprint density at radius 2 is 1.57 bits per heavy atom. The number of hydrogen-bond acceptors (Lipinski definition) is 5. The molecule has 0 aliphatic rings. The maximum Gasteiger partial charge on any atom is 0.501 e. The van der Waals surface area contributed by atoms with Gasteiger partial charge in [0.1, 0.15) is 0 Å². The fourth-order valence-electron chi connectivity index (χ4n) is 1.76. The van der Waals surface area contributed by atoms with E-state index in [2.05, 4.69) is 0 Å². The molecule has 0 N–H and O–H groups in total. The Kier molecular flexibility index (Phi) is 12.2. The summed E-state index contributed by atoms with van der Waals surface area (Å²) < 4.78 is 22.3. The molecule has 0 atom stereocenters. The van der Waals surface area contributed by atoms with Gasteiger partial charge in [-0.15, -0.1) is 0 Å². The van der Waals surface area contributed by atoms with Crippen molar-refractivity contribution in [2.45, 2.75) is 40.2 Å². The first-order valence-corrected chi connectivity index (χ1v) is 9.45. The predicted molar refractivity (Wildman–Crippen MR) is 85.0 cm³/mol. The lowest BCUT2D eigenvalue weighted by atomic mass is 10.4. The molecule has 0 aliphatic heterocycles. The van der Waals surface area contributed by atoms with Crippen molar-refractivity contribution >= 4 is 14.8 Å². The first-order valence-electron chi connectivity index (χ1n) is 7.52. The molecule has 0 bridgehead atoms. The molecule has 0 aromatic heterocycles. The second-order valence-electron chi connectivity index (χ2n) is 4.14. The van der Waals surface area contributed by atoms with Gasteiger partial charge in [0.25, 0.3) is 0 Å². The summed E-state index contributed by atoms with van der Waals surface area (Å²) in [5, 5.41) is 0. The minimum Gasteiger partial charge on any atom is -0.463 e. The normalized spacial score (nSPS) is 12.4. The van der Waals surface area contributed by atoms with Gasteiger partial charge < -0.3 is 18.0 Å². The van der Waals surface area contributed by atoms with Crippen LogP contribution in [0.2, 0.25) is 6.04 Å². The van der Waals surface area contributed by atoms with E-state index in [1.165, 1.54) is 6.08 Å². The lowest BCUT2D eigenvalue weighted by molar-refractivity contribution is -0.137. The Morgan fingerprint density at radius 1 is 1.00 bits per heavy atom. The predicted octanol–water partition coefficient (Wildman–Crippen LogP) is 3.10. The number of ether oxygens (including phenoxy) is 1. The highest BCUT2D eigenvalue weighted by atomic mass is 28.4. The van der Waals surface area contributed by atoms with E-state index in [1.54, 1.807) is 12.2 Å². The van der Waals surface area contributed by atoms with Crippen molar-refractivity contribution in [3.05, 3.63) is 24.3 Å². The third-order valence-corrected chi connectivity index (χ3v) is 5.65. The van der Waals surface area contributed by atoms with Gasteiger partial charge in [0, 0.05) is 31.9 Å². The molecule has 21 heavy (non-hydrogen) atoms. The van der Waals surface area contributed by atoms with E-state index in [0.29, 0.717) is 38.9 Å². The van der Waals surface area contributed by atoms with Crippen molar-refractivity contribution < 1.29 is 22.8 Å². The lowest BCUT2D eigenvalue weighted by Crippen LogP contribution is -2.46. The van der Waals surface area contributed by atoms with Crippen LogP contribution in [-0.4, -0.2) is 41.2 Å². The van der Waals surface area contributed by atoms with Crippen LogP contribution in [0.15, 0.2) is 24.3 Å². The molecule has 0 saturated heterocycles. The molecule has 6 heteroatoms. The summed E-state index contributed by atoms with van der Waals surface area (Å²) in [4.78, 5) is 11.4. The zero-order valence-electron chi connectivity index (χ0n) is 13.6. The van der Waals surface area contributed by atoms with Crippen LogP contribution in [0.5, 0.6) is 0 Å². The zero-order valence-corrected chi connectivity index (χ0v) is 14.6. The van der Waals surface area contributed by atoms with Crippen LogP contribution in [0.3, 0.4) is 0 Å². The first-order chi connectivity index (χ1) is 10.1. The van der Waals surface area contributed by atoms with Gasteiger partial charge in [-0.2, -0.15) is 0 Å². The molecule has 0 aromatic rings. The third-order valence-electron chi connectivity index (χ3n) is 2.50. The van der Waals surface area contributed by atoms with E-state index in [9.17, 15) is 4.79 Å². The van der Waals surface area contributed by atoms with Crippen LogP contribution in [0.4, 0.5) is 0 Å². The number of carbonyl (C=O) groups is 1. The largest absolute Gasteiger partial charge is 0.501 e. The molecular formula is C15H28O5Si. The monoisotopic (exact) mass is 316 g/mol. The number of allylic oxidation sites excluding steroid dienone is 3. The van der Waals surface area contributed by atoms with Crippen LogP contribution in [0.1, 0.15) is 34.1 Å². The standard InChI is InChI=1S/C15H28O5Si/c1-5-9-10-12-15(16)17-13-11-14-21(18-6-2,19-7-3)20-8-4/h5,9-10,12H,6-8,11,13-14H2,1-4H3/b9-5+,12-10+. The average Bonchev–Trinajstić information content (AvgIpc) is 2.45. The highest BCUT2D eigenvalue weighted by Crippen LogP contribution is 2.18. The number of carbonyl (C=O) groups excluding carboxylic acids is 1. The molecule has 0 spiro atoms. The number of rotatable bonds is 12. The van der Waals surface area contributed by atoms with E-state index in [0.717, 1.165) is 0 Å². The van der Waals surface area contributed by atoms with Gasteiger partial charge in [0.05, 0.1) is 6.61 Å². The summed E-state index contributed by atoms with van der Waals surface area (Å²) in [6, 6.07) is 0.647. The Morgan fingerprint density at radius 3 is 2.05 bits per heavy atom. The smallest absolute Gasteiger partial charge is 0.463 e. The molecule has 0 aromatic carbocycles. The van der Waals surface area contributed by atoms with E-state index < -0.39 is 8.80 Å². The molecule has 5 nitrogen and oxygen atoms in total. The minimum absolute atomic E-state index is 0.334. The van der Waals surface area contributed by atoms with Crippen molar-refractivity contribution in [1.82, 2.24) is 0 Å². The summed E-state index contributed by atoms with van der Waals surface area (Å²) in [6.07, 6.45) is 7.34. The van der Waals surface area contributed by atoms with E-state index in [-0.39, 0.29) is 5.97 Å². The summed E-state index contributed by atoms with van der Waals surface area (Å²) in [5.41, 5.74) is 0. The van der Waals surface area contributed by atoms with Gasteiger partial charge in [-0.1, -0.05) is 18.2 Å². The summed E-state index contributed by atoms with van der Waals surface area (Å²) in [7, 11) is -2.62. The lowest BCUT2D eigenvalue weighted by Gasteiger charge is -2.28. The maximum atomic E-state index is 11.4. The van der Waals surface area contributed by atoms with Gasteiger partial charge in [-0.05, 0) is 34.1 Å². The quantitative estimate of drug-likeness (QED) is 0.182. The van der Waals surface area contributed by atoms with Gasteiger partial charge in [-0.3, -0.25) is 0 Å². The van der Waals surface area contributed by atoms with E-state index >= 15 is 0 Å². The highest BCUT2D eigenvalue weighted by molar-refractivity contribution is 6.60. The van der Waals surface area contributed by atoms with E-state index in [4.69, 9.17) is 18.0 Å². The van der Waals surface area contributed by atoms with Crippen molar-refractivity contribution in [2.75, 3.05) is 26.4 Å². The van der Waals surface area contributed by atoms with Crippen molar-refractivity contribution in [3.63, 3.8) is 0 Å². The van der Waals surface area contributed by atoms with Crippen molar-refractivity contribution in [1.29, 1.82) is 0 Å². The Labute approximate surface area is 129 Å².